The summed E-state index contributed by atoms with van der Waals surface area (Å²) < 4.78 is 5.36. The van der Waals surface area contributed by atoms with Gasteiger partial charge in [-0.05, 0) is 36.8 Å². The Morgan fingerprint density at radius 2 is 2.06 bits per heavy atom. The van der Waals surface area contributed by atoms with Gasteiger partial charge in [0.1, 0.15) is 0 Å². The normalized spacial score (nSPS) is 10.1. The van der Waals surface area contributed by atoms with Crippen molar-refractivity contribution in [1.29, 1.82) is 0 Å². The third kappa shape index (κ3) is 5.57. The van der Waals surface area contributed by atoms with Gasteiger partial charge in [-0.2, -0.15) is 0 Å². The second kappa shape index (κ2) is 7.75. The van der Waals surface area contributed by atoms with E-state index in [0.717, 1.165) is 24.9 Å². The van der Waals surface area contributed by atoms with E-state index >= 15 is 0 Å². The third-order valence-electron chi connectivity index (χ3n) is 2.15. The van der Waals surface area contributed by atoms with Crippen molar-refractivity contribution in [3.8, 4) is 0 Å². The highest BCUT2D eigenvalue weighted by molar-refractivity contribution is 7.80. The van der Waals surface area contributed by atoms with Crippen molar-refractivity contribution in [3.63, 3.8) is 0 Å². The first-order valence-corrected chi connectivity index (χ1v) is 6.68. The number of benzene rings is 1. The molecule has 0 unspecified atom stereocenters. The van der Waals surface area contributed by atoms with E-state index < -0.39 is 0 Å². The van der Waals surface area contributed by atoms with Gasteiger partial charge in [-0.25, -0.2) is 0 Å². The van der Waals surface area contributed by atoms with Crippen molar-refractivity contribution in [2.45, 2.75) is 26.2 Å². The van der Waals surface area contributed by atoms with Gasteiger partial charge in [0, 0.05) is 5.69 Å². The van der Waals surface area contributed by atoms with E-state index in [1.54, 1.807) is 18.2 Å². The van der Waals surface area contributed by atoms with Crippen molar-refractivity contribution in [2.75, 3.05) is 11.9 Å². The zero-order valence-corrected chi connectivity index (χ0v) is 12.0. The summed E-state index contributed by atoms with van der Waals surface area (Å²) in [5, 5.41) is 4.33. The Labute approximate surface area is 117 Å². The second-order valence-corrected chi connectivity index (χ2v) is 4.78. The first-order chi connectivity index (χ1) is 8.13. The number of unbranched alkanes of at least 4 members (excludes halogenated alkanes) is 2. The second-order valence-electron chi connectivity index (χ2n) is 3.60. The Bertz CT molecular complexity index is 385. The lowest BCUT2D eigenvalue weighted by atomic mass is 10.3. The molecule has 0 saturated heterocycles. The molecule has 0 atom stereocenters. The molecule has 0 amide bonds. The Morgan fingerprint density at radius 3 is 2.71 bits per heavy atom. The molecule has 1 N–H and O–H groups in total. The molecule has 0 fully saturated rings. The number of hydrogen-bond donors (Lipinski definition) is 1. The molecule has 0 aliphatic rings. The molecule has 94 valence electrons. The summed E-state index contributed by atoms with van der Waals surface area (Å²) in [5.41, 5.74) is 0.778. The highest BCUT2D eigenvalue weighted by atomic mass is 35.5. The Hall–Kier alpha value is -0.510. The van der Waals surface area contributed by atoms with Crippen LogP contribution >= 0.6 is 35.4 Å². The Kier molecular flexibility index (Phi) is 6.63. The molecular formula is C12H15Cl2NOS. The zero-order valence-electron chi connectivity index (χ0n) is 9.63. The minimum absolute atomic E-state index is 0.361. The topological polar surface area (TPSA) is 21.3 Å². The summed E-state index contributed by atoms with van der Waals surface area (Å²) in [4.78, 5) is 0. The van der Waals surface area contributed by atoms with Crippen molar-refractivity contribution in [1.82, 2.24) is 0 Å². The molecule has 1 rings (SSSR count). The van der Waals surface area contributed by atoms with E-state index in [2.05, 4.69) is 12.2 Å². The van der Waals surface area contributed by atoms with Crippen molar-refractivity contribution >= 4 is 46.3 Å². The van der Waals surface area contributed by atoms with Crippen LogP contribution in [0, 0.1) is 0 Å². The number of thiocarbonyl (C=S) groups is 1. The van der Waals surface area contributed by atoms with Gasteiger partial charge >= 0.3 is 0 Å². The van der Waals surface area contributed by atoms with Crippen LogP contribution in [0.4, 0.5) is 5.69 Å². The van der Waals surface area contributed by atoms with E-state index in [-0.39, 0.29) is 0 Å². The van der Waals surface area contributed by atoms with Crippen molar-refractivity contribution in [3.05, 3.63) is 28.2 Å². The summed E-state index contributed by atoms with van der Waals surface area (Å²) in [6, 6.07) is 5.23. The SMILES string of the molecule is CCCCCOC(=S)Nc1ccc(Cl)c(Cl)c1. The maximum absolute atomic E-state index is 5.89. The Balaban J connectivity index is 2.37. The predicted octanol–water partition coefficient (Wildman–Crippen LogP) is 4.90. The zero-order chi connectivity index (χ0) is 12.7. The molecule has 2 nitrogen and oxygen atoms in total. The smallest absolute Gasteiger partial charge is 0.261 e. The van der Waals surface area contributed by atoms with Crippen LogP contribution in [0.15, 0.2) is 18.2 Å². The highest BCUT2D eigenvalue weighted by Gasteiger charge is 2.02. The molecule has 5 heteroatoms. The lowest BCUT2D eigenvalue weighted by Crippen LogP contribution is -2.13. The highest BCUT2D eigenvalue weighted by Crippen LogP contribution is 2.25. The van der Waals surface area contributed by atoms with Gasteiger partial charge < -0.3 is 10.1 Å². The fraction of sp³-hybridized carbons (Fsp3) is 0.417. The van der Waals surface area contributed by atoms with Crippen LogP contribution < -0.4 is 5.32 Å². The molecule has 0 saturated carbocycles. The molecule has 17 heavy (non-hydrogen) atoms. The summed E-state index contributed by atoms with van der Waals surface area (Å²) in [5.74, 6) is 0. The van der Waals surface area contributed by atoms with Gasteiger partial charge in [0.05, 0.1) is 16.7 Å². The first-order valence-electron chi connectivity index (χ1n) is 5.52. The fourth-order valence-electron chi connectivity index (χ4n) is 1.24. The molecule has 0 aliphatic heterocycles. The number of anilines is 1. The van der Waals surface area contributed by atoms with Crippen molar-refractivity contribution in [2.24, 2.45) is 0 Å². The molecule has 0 aromatic heterocycles. The molecule has 0 spiro atoms. The van der Waals surface area contributed by atoms with Crippen LogP contribution in [-0.4, -0.2) is 11.8 Å². The maximum Gasteiger partial charge on any atom is 0.261 e. The number of rotatable bonds is 5. The van der Waals surface area contributed by atoms with Gasteiger partial charge in [-0.1, -0.05) is 43.0 Å². The van der Waals surface area contributed by atoms with E-state index in [0.29, 0.717) is 21.8 Å². The fourth-order valence-corrected chi connectivity index (χ4v) is 1.74. The van der Waals surface area contributed by atoms with E-state index in [1.165, 1.54) is 0 Å². The molecule has 1 aromatic rings. The van der Waals surface area contributed by atoms with Crippen LogP contribution in [0.5, 0.6) is 0 Å². The van der Waals surface area contributed by atoms with Crippen molar-refractivity contribution < 1.29 is 4.74 Å². The van der Waals surface area contributed by atoms with Crippen LogP contribution in [0.1, 0.15) is 26.2 Å². The minimum atomic E-state index is 0.361. The number of ether oxygens (including phenoxy) is 1. The molecule has 0 aliphatic carbocycles. The van der Waals surface area contributed by atoms with Gasteiger partial charge in [0.25, 0.3) is 5.17 Å². The van der Waals surface area contributed by atoms with Gasteiger partial charge in [-0.15, -0.1) is 0 Å². The van der Waals surface area contributed by atoms with Crippen LogP contribution in [0.3, 0.4) is 0 Å². The minimum Gasteiger partial charge on any atom is -0.471 e. The number of hydrogen-bond acceptors (Lipinski definition) is 2. The summed E-state index contributed by atoms with van der Waals surface area (Å²) in [7, 11) is 0. The lowest BCUT2D eigenvalue weighted by molar-refractivity contribution is 0.301. The van der Waals surface area contributed by atoms with Crippen LogP contribution in [-0.2, 0) is 4.74 Å². The quantitative estimate of drug-likeness (QED) is 0.616. The number of halogens is 2. The number of nitrogens with one attached hydrogen (secondary N) is 1. The van der Waals surface area contributed by atoms with Gasteiger partial charge in [0.15, 0.2) is 0 Å². The van der Waals surface area contributed by atoms with E-state index in [1.807, 2.05) is 0 Å². The molecule has 0 radical (unpaired) electrons. The first kappa shape index (κ1) is 14.6. The van der Waals surface area contributed by atoms with E-state index in [4.69, 9.17) is 40.2 Å². The summed E-state index contributed by atoms with van der Waals surface area (Å²) >= 11 is 16.8. The van der Waals surface area contributed by atoms with Gasteiger partial charge in [0.2, 0.25) is 0 Å². The Morgan fingerprint density at radius 1 is 1.29 bits per heavy atom. The predicted molar refractivity (Wildman–Crippen MR) is 78.2 cm³/mol. The van der Waals surface area contributed by atoms with Gasteiger partial charge in [-0.3, -0.25) is 0 Å². The van der Waals surface area contributed by atoms with Crippen LogP contribution in [0.25, 0.3) is 0 Å². The average Bonchev–Trinajstić information content (AvgIpc) is 2.30. The lowest BCUT2D eigenvalue weighted by Gasteiger charge is -2.10. The molecular weight excluding hydrogens is 277 g/mol. The largest absolute Gasteiger partial charge is 0.471 e. The van der Waals surface area contributed by atoms with Crippen LogP contribution in [0.2, 0.25) is 10.0 Å². The molecule has 0 heterocycles. The average molecular weight is 292 g/mol. The van der Waals surface area contributed by atoms with E-state index in [9.17, 15) is 0 Å². The summed E-state index contributed by atoms with van der Waals surface area (Å²) in [6.45, 7) is 2.78. The standard InChI is InChI=1S/C12H15Cl2NOS/c1-2-3-4-7-16-12(17)15-9-5-6-10(13)11(14)8-9/h5-6,8H,2-4,7H2,1H3,(H,15,17). The molecule has 0 bridgehead atoms. The monoisotopic (exact) mass is 291 g/mol. The summed E-state index contributed by atoms with van der Waals surface area (Å²) in [6.07, 6.45) is 3.32. The third-order valence-corrected chi connectivity index (χ3v) is 3.11. The maximum atomic E-state index is 5.89. The molecule has 1 aromatic carbocycles.